The molecule has 2 rings (SSSR count). The van der Waals surface area contributed by atoms with E-state index < -0.39 is 0 Å². The summed E-state index contributed by atoms with van der Waals surface area (Å²) in [7, 11) is 0. The molecular formula is C15H24O3. The highest BCUT2D eigenvalue weighted by atomic mass is 16.5. The van der Waals surface area contributed by atoms with E-state index >= 15 is 0 Å². The topological polar surface area (TPSA) is 43.4 Å². The van der Waals surface area contributed by atoms with Crippen LogP contribution in [0, 0.1) is 23.2 Å². The Hall–Kier alpha value is -0.860. The number of ether oxygens (including phenoxy) is 1. The van der Waals surface area contributed by atoms with Gasteiger partial charge >= 0.3 is 5.97 Å². The van der Waals surface area contributed by atoms with Gasteiger partial charge in [0.2, 0.25) is 0 Å². The van der Waals surface area contributed by atoms with Gasteiger partial charge in [0.1, 0.15) is 12.4 Å². The average Bonchev–Trinajstić information content (AvgIpc) is 2.66. The van der Waals surface area contributed by atoms with Gasteiger partial charge in [-0.25, -0.2) is 0 Å². The Kier molecular flexibility index (Phi) is 3.79. The molecule has 5 atom stereocenters. The second kappa shape index (κ2) is 5.02. The van der Waals surface area contributed by atoms with E-state index in [0.29, 0.717) is 11.8 Å². The van der Waals surface area contributed by atoms with Crippen LogP contribution >= 0.6 is 0 Å². The van der Waals surface area contributed by atoms with Gasteiger partial charge in [0.25, 0.3) is 0 Å². The second-order valence-electron chi connectivity index (χ2n) is 6.33. The van der Waals surface area contributed by atoms with Crippen LogP contribution in [0.3, 0.4) is 0 Å². The fourth-order valence-corrected chi connectivity index (χ4v) is 4.47. The average molecular weight is 252 g/mol. The maximum Gasteiger partial charge on any atom is 0.302 e. The number of rotatable bonds is 3. The van der Waals surface area contributed by atoms with Crippen LogP contribution in [-0.4, -0.2) is 18.4 Å². The van der Waals surface area contributed by atoms with Crippen molar-refractivity contribution in [2.24, 2.45) is 23.2 Å². The third-order valence-electron chi connectivity index (χ3n) is 5.30. The van der Waals surface area contributed by atoms with Gasteiger partial charge in [-0.1, -0.05) is 13.8 Å². The van der Waals surface area contributed by atoms with Crippen LogP contribution in [0.25, 0.3) is 0 Å². The normalized spacial score (nSPS) is 40.9. The number of carbonyl (C=O) groups is 2. The van der Waals surface area contributed by atoms with Gasteiger partial charge in [0.05, 0.1) is 0 Å². The summed E-state index contributed by atoms with van der Waals surface area (Å²) in [5.41, 5.74) is 0.179. The first-order valence-corrected chi connectivity index (χ1v) is 7.11. The smallest absolute Gasteiger partial charge is 0.302 e. The van der Waals surface area contributed by atoms with E-state index in [0.717, 1.165) is 38.4 Å². The van der Waals surface area contributed by atoms with Crippen LogP contribution in [0.15, 0.2) is 0 Å². The van der Waals surface area contributed by atoms with Gasteiger partial charge in [-0.15, -0.1) is 0 Å². The molecule has 18 heavy (non-hydrogen) atoms. The first kappa shape index (κ1) is 13.6. The minimum absolute atomic E-state index is 0.0742. The van der Waals surface area contributed by atoms with Crippen LogP contribution < -0.4 is 0 Å². The van der Waals surface area contributed by atoms with E-state index in [9.17, 15) is 9.59 Å². The van der Waals surface area contributed by atoms with Gasteiger partial charge in [0, 0.05) is 18.8 Å². The van der Waals surface area contributed by atoms with Crippen LogP contribution in [-0.2, 0) is 14.3 Å². The summed E-state index contributed by atoms with van der Waals surface area (Å²) in [6.45, 7) is 5.82. The maximum atomic E-state index is 11.2. The molecule has 0 aliphatic heterocycles. The predicted molar refractivity (Wildman–Crippen MR) is 69.0 cm³/mol. The molecule has 0 spiro atoms. The van der Waals surface area contributed by atoms with E-state index in [1.54, 1.807) is 0 Å². The fourth-order valence-electron chi connectivity index (χ4n) is 4.47. The quantitative estimate of drug-likeness (QED) is 0.573. The third-order valence-corrected chi connectivity index (χ3v) is 5.30. The van der Waals surface area contributed by atoms with Crippen LogP contribution in [0.5, 0.6) is 0 Å². The summed E-state index contributed by atoms with van der Waals surface area (Å²) in [6.07, 6.45) is 6.61. The highest BCUT2D eigenvalue weighted by Gasteiger charge is 2.53. The molecule has 3 heteroatoms. The Labute approximate surface area is 109 Å². The van der Waals surface area contributed by atoms with Gasteiger partial charge in [-0.05, 0) is 43.4 Å². The molecule has 0 aromatic rings. The zero-order valence-corrected chi connectivity index (χ0v) is 11.6. The van der Waals surface area contributed by atoms with Crippen molar-refractivity contribution in [1.82, 2.24) is 0 Å². The Morgan fingerprint density at radius 3 is 2.72 bits per heavy atom. The number of fused-ring (bicyclic) bond motifs is 1. The zero-order valence-electron chi connectivity index (χ0n) is 11.6. The Bertz CT molecular complexity index is 339. The Morgan fingerprint density at radius 2 is 2.11 bits per heavy atom. The summed E-state index contributed by atoms with van der Waals surface area (Å²) in [5.74, 6) is 0.855. The number of carbonyl (C=O) groups excluding carboxylic acids is 2. The largest absolute Gasteiger partial charge is 0.462 e. The summed E-state index contributed by atoms with van der Waals surface area (Å²) in [6, 6.07) is 0. The molecule has 2 fully saturated rings. The van der Waals surface area contributed by atoms with Crippen molar-refractivity contribution in [2.75, 3.05) is 0 Å². The molecule has 0 amide bonds. The maximum absolute atomic E-state index is 11.2. The molecule has 1 unspecified atom stereocenters. The molecule has 0 heterocycles. The van der Waals surface area contributed by atoms with Gasteiger partial charge in [-0.2, -0.15) is 0 Å². The van der Waals surface area contributed by atoms with Gasteiger partial charge < -0.3 is 9.53 Å². The monoisotopic (exact) mass is 252 g/mol. The van der Waals surface area contributed by atoms with Crippen LogP contribution in [0.4, 0.5) is 0 Å². The van der Waals surface area contributed by atoms with Crippen molar-refractivity contribution >= 4 is 12.3 Å². The first-order valence-electron chi connectivity index (χ1n) is 7.11. The molecule has 2 saturated carbocycles. The summed E-state index contributed by atoms with van der Waals surface area (Å²) in [5, 5.41) is 0. The minimum Gasteiger partial charge on any atom is -0.462 e. The van der Waals surface area contributed by atoms with Crippen molar-refractivity contribution in [3.05, 3.63) is 0 Å². The van der Waals surface area contributed by atoms with E-state index in [1.807, 2.05) is 6.92 Å². The molecular weight excluding hydrogens is 228 g/mol. The lowest BCUT2D eigenvalue weighted by Crippen LogP contribution is -2.43. The number of hydrogen-bond acceptors (Lipinski definition) is 3. The minimum atomic E-state index is -0.170. The van der Waals surface area contributed by atoms with E-state index in [1.165, 1.54) is 6.92 Å². The molecule has 0 bridgehead atoms. The fraction of sp³-hybridized carbons (Fsp3) is 0.867. The van der Waals surface area contributed by atoms with Gasteiger partial charge in [-0.3, -0.25) is 4.79 Å². The van der Waals surface area contributed by atoms with Crippen LogP contribution in [0.1, 0.15) is 52.9 Å². The van der Waals surface area contributed by atoms with E-state index in [2.05, 4.69) is 6.92 Å². The standard InChI is InChI=1S/C15H24O3/c1-10(9-16)12-6-7-13-14(18-11(2)17)5-4-8-15(12,13)3/h9-10,12-14H,4-8H2,1-3H3/t10?,12-,13-,14-,15+/m1/s1. The van der Waals surface area contributed by atoms with Crippen molar-refractivity contribution < 1.29 is 14.3 Å². The molecule has 0 radical (unpaired) electrons. The van der Waals surface area contributed by atoms with Crippen molar-refractivity contribution in [3.63, 3.8) is 0 Å². The third kappa shape index (κ3) is 2.19. The van der Waals surface area contributed by atoms with Crippen molar-refractivity contribution in [3.8, 4) is 0 Å². The lowest BCUT2D eigenvalue weighted by molar-refractivity contribution is -0.155. The molecule has 3 nitrogen and oxygen atoms in total. The Balaban J connectivity index is 2.17. The van der Waals surface area contributed by atoms with Gasteiger partial charge in [0.15, 0.2) is 0 Å². The SMILES string of the molecule is CC(=O)O[C@@H]1CCC[C@@]2(C)[C@@H](C(C)C=O)CC[C@H]12. The molecule has 0 saturated heterocycles. The zero-order chi connectivity index (χ0) is 13.3. The molecule has 102 valence electrons. The summed E-state index contributed by atoms with van der Waals surface area (Å²) >= 11 is 0. The highest BCUT2D eigenvalue weighted by molar-refractivity contribution is 5.66. The van der Waals surface area contributed by atoms with E-state index in [4.69, 9.17) is 4.74 Å². The lowest BCUT2D eigenvalue weighted by Gasteiger charge is -2.45. The highest BCUT2D eigenvalue weighted by Crippen LogP contribution is 2.58. The molecule has 0 aromatic carbocycles. The lowest BCUT2D eigenvalue weighted by atomic mass is 9.62. The first-order chi connectivity index (χ1) is 8.49. The molecule has 0 aromatic heterocycles. The van der Waals surface area contributed by atoms with E-state index in [-0.39, 0.29) is 23.4 Å². The van der Waals surface area contributed by atoms with Crippen molar-refractivity contribution in [2.45, 2.75) is 59.0 Å². The summed E-state index contributed by atoms with van der Waals surface area (Å²) in [4.78, 5) is 22.3. The molecule has 2 aliphatic rings. The predicted octanol–water partition coefficient (Wildman–Crippen LogP) is 2.97. The second-order valence-corrected chi connectivity index (χ2v) is 6.33. The number of hydrogen-bond donors (Lipinski definition) is 0. The molecule has 2 aliphatic carbocycles. The number of aldehydes is 1. The summed E-state index contributed by atoms with van der Waals surface area (Å²) < 4.78 is 5.50. The van der Waals surface area contributed by atoms with Crippen molar-refractivity contribution in [1.29, 1.82) is 0 Å². The number of esters is 1. The van der Waals surface area contributed by atoms with Crippen LogP contribution in [0.2, 0.25) is 0 Å². The molecule has 0 N–H and O–H groups in total. The Morgan fingerprint density at radius 1 is 1.39 bits per heavy atom.